The number of benzene rings is 2. The van der Waals surface area contributed by atoms with Crippen molar-refractivity contribution in [2.45, 2.75) is 32.7 Å². The summed E-state index contributed by atoms with van der Waals surface area (Å²) in [5.41, 5.74) is 2.96. The van der Waals surface area contributed by atoms with Gasteiger partial charge >= 0.3 is 0 Å². The first kappa shape index (κ1) is 20.2. The standard InChI is InChI=1S/C22H25N3O5/c1-14-5-7-18(25(27)28)22(15(14)2)23-21(26)13-24-9-3-4-17(24)16-6-8-19-20(12-16)30-11-10-29-19/h5-8,12,17H,3-4,9-11,13H2,1-2H3,(H,23,26)/p+1/t17-/m0/s1. The molecule has 2 aromatic carbocycles. The minimum atomic E-state index is -0.456. The highest BCUT2D eigenvalue weighted by molar-refractivity contribution is 5.95. The van der Waals surface area contributed by atoms with E-state index in [0.717, 1.165) is 52.5 Å². The zero-order valence-electron chi connectivity index (χ0n) is 17.2. The normalized spacial score (nSPS) is 20.1. The molecule has 0 bridgehead atoms. The zero-order valence-corrected chi connectivity index (χ0v) is 17.2. The van der Waals surface area contributed by atoms with Crippen LogP contribution in [0.15, 0.2) is 30.3 Å². The molecule has 0 radical (unpaired) electrons. The number of ether oxygens (including phenoxy) is 2. The molecule has 1 saturated heterocycles. The van der Waals surface area contributed by atoms with E-state index >= 15 is 0 Å². The summed E-state index contributed by atoms with van der Waals surface area (Å²) < 4.78 is 11.3. The van der Waals surface area contributed by atoms with Gasteiger partial charge in [0.2, 0.25) is 0 Å². The molecular formula is C22H26N3O5+. The Balaban J connectivity index is 1.50. The molecule has 2 N–H and O–H groups in total. The number of aryl methyl sites for hydroxylation is 1. The van der Waals surface area contributed by atoms with Gasteiger partial charge < -0.3 is 19.7 Å². The molecule has 1 unspecified atom stereocenters. The van der Waals surface area contributed by atoms with Crippen LogP contribution >= 0.6 is 0 Å². The predicted octanol–water partition coefficient (Wildman–Crippen LogP) is 2.34. The summed E-state index contributed by atoms with van der Waals surface area (Å²) in [6.45, 7) is 5.88. The third-order valence-electron chi connectivity index (χ3n) is 6.01. The maximum Gasteiger partial charge on any atom is 0.293 e. The van der Waals surface area contributed by atoms with Crippen LogP contribution < -0.4 is 19.7 Å². The van der Waals surface area contributed by atoms with Crippen LogP contribution in [0.3, 0.4) is 0 Å². The van der Waals surface area contributed by atoms with Gasteiger partial charge in [0.05, 0.1) is 11.5 Å². The minimum Gasteiger partial charge on any atom is -0.486 e. The Morgan fingerprint density at radius 1 is 1.20 bits per heavy atom. The van der Waals surface area contributed by atoms with Crippen molar-refractivity contribution in [3.63, 3.8) is 0 Å². The molecule has 30 heavy (non-hydrogen) atoms. The molecule has 158 valence electrons. The van der Waals surface area contributed by atoms with Crippen LogP contribution in [0, 0.1) is 24.0 Å². The molecule has 2 atom stereocenters. The maximum absolute atomic E-state index is 12.8. The lowest BCUT2D eigenvalue weighted by molar-refractivity contribution is -0.910. The fourth-order valence-corrected chi connectivity index (χ4v) is 4.30. The van der Waals surface area contributed by atoms with Gasteiger partial charge in [0.25, 0.3) is 11.6 Å². The molecule has 0 aliphatic carbocycles. The molecule has 1 amide bonds. The number of quaternary nitrogens is 1. The van der Waals surface area contributed by atoms with Crippen molar-refractivity contribution in [1.82, 2.24) is 0 Å². The van der Waals surface area contributed by atoms with Crippen LogP contribution in [-0.4, -0.2) is 37.1 Å². The van der Waals surface area contributed by atoms with Crippen molar-refractivity contribution < 1.29 is 24.1 Å². The summed E-state index contributed by atoms with van der Waals surface area (Å²) in [4.78, 5) is 24.9. The Labute approximate surface area is 174 Å². The summed E-state index contributed by atoms with van der Waals surface area (Å²) >= 11 is 0. The summed E-state index contributed by atoms with van der Waals surface area (Å²) in [6, 6.07) is 9.31. The first-order valence-electron chi connectivity index (χ1n) is 10.2. The van der Waals surface area contributed by atoms with Gasteiger partial charge in [0.15, 0.2) is 18.0 Å². The van der Waals surface area contributed by atoms with Gasteiger partial charge in [-0.2, -0.15) is 0 Å². The average molecular weight is 412 g/mol. The highest BCUT2D eigenvalue weighted by Gasteiger charge is 2.33. The van der Waals surface area contributed by atoms with Crippen LogP contribution in [0.1, 0.15) is 35.6 Å². The maximum atomic E-state index is 12.8. The van der Waals surface area contributed by atoms with Crippen molar-refractivity contribution >= 4 is 17.3 Å². The number of nitrogens with zero attached hydrogens (tertiary/aromatic N) is 1. The van der Waals surface area contributed by atoms with E-state index < -0.39 is 4.92 Å². The van der Waals surface area contributed by atoms with Gasteiger partial charge in [-0.3, -0.25) is 14.9 Å². The smallest absolute Gasteiger partial charge is 0.293 e. The number of anilines is 1. The SMILES string of the molecule is Cc1ccc([N+](=O)[O-])c(NC(=O)C[NH+]2CCC[C@H]2c2ccc3c(c2)OCCO3)c1C. The second-order valence-corrected chi connectivity index (χ2v) is 7.89. The molecule has 2 aliphatic rings. The van der Waals surface area contributed by atoms with Gasteiger partial charge in [-0.05, 0) is 43.2 Å². The molecule has 2 heterocycles. The summed E-state index contributed by atoms with van der Waals surface area (Å²) in [6.07, 6.45) is 2.00. The number of nitrogens with one attached hydrogen (secondary N) is 2. The largest absolute Gasteiger partial charge is 0.486 e. The fourth-order valence-electron chi connectivity index (χ4n) is 4.30. The van der Waals surface area contributed by atoms with Crippen LogP contribution in [0.2, 0.25) is 0 Å². The molecule has 8 heteroatoms. The molecule has 8 nitrogen and oxygen atoms in total. The summed E-state index contributed by atoms with van der Waals surface area (Å²) in [5.74, 6) is 1.29. The molecule has 2 aliphatic heterocycles. The molecule has 0 spiro atoms. The third kappa shape index (κ3) is 3.95. The van der Waals surface area contributed by atoms with Gasteiger partial charge in [-0.15, -0.1) is 0 Å². The van der Waals surface area contributed by atoms with Crippen molar-refractivity contribution in [2.75, 3.05) is 31.6 Å². The zero-order chi connectivity index (χ0) is 21.3. The van der Waals surface area contributed by atoms with Crippen LogP contribution in [0.5, 0.6) is 11.5 Å². The number of rotatable bonds is 5. The number of likely N-dealkylation sites (tertiary alicyclic amines) is 1. The number of carbonyl (C=O) groups excluding carboxylic acids is 1. The number of nitro benzene ring substituents is 1. The third-order valence-corrected chi connectivity index (χ3v) is 6.01. The molecule has 4 rings (SSSR count). The van der Waals surface area contributed by atoms with Gasteiger partial charge in [-0.1, -0.05) is 6.07 Å². The quantitative estimate of drug-likeness (QED) is 0.581. The van der Waals surface area contributed by atoms with Gasteiger partial charge in [0.1, 0.15) is 24.9 Å². The topological polar surface area (TPSA) is 95.1 Å². The second kappa shape index (κ2) is 8.31. The lowest BCUT2D eigenvalue weighted by atomic mass is 10.0. The van der Waals surface area contributed by atoms with E-state index in [0.29, 0.717) is 18.9 Å². The monoisotopic (exact) mass is 412 g/mol. The Morgan fingerprint density at radius 3 is 2.73 bits per heavy atom. The van der Waals surface area contributed by atoms with Gasteiger partial charge in [-0.25, -0.2) is 0 Å². The van der Waals surface area contributed by atoms with E-state index in [1.165, 1.54) is 6.07 Å². The first-order valence-corrected chi connectivity index (χ1v) is 10.2. The number of amides is 1. The molecule has 0 saturated carbocycles. The van der Waals surface area contributed by atoms with Crippen LogP contribution in [0.25, 0.3) is 0 Å². The molecule has 1 fully saturated rings. The highest BCUT2D eigenvalue weighted by Crippen LogP contribution is 2.34. The lowest BCUT2D eigenvalue weighted by Gasteiger charge is -2.24. The summed E-state index contributed by atoms with van der Waals surface area (Å²) in [7, 11) is 0. The van der Waals surface area contributed by atoms with Crippen LogP contribution in [0.4, 0.5) is 11.4 Å². The molecular weight excluding hydrogens is 386 g/mol. The van der Waals surface area contributed by atoms with Crippen molar-refractivity contribution in [3.8, 4) is 11.5 Å². The number of carbonyl (C=O) groups is 1. The van der Waals surface area contributed by atoms with Gasteiger partial charge in [0, 0.05) is 24.5 Å². The number of hydrogen-bond acceptors (Lipinski definition) is 5. The Bertz CT molecular complexity index is 991. The minimum absolute atomic E-state index is 0.0775. The lowest BCUT2D eigenvalue weighted by Crippen LogP contribution is -3.11. The van der Waals surface area contributed by atoms with Crippen molar-refractivity contribution in [1.29, 1.82) is 0 Å². The van der Waals surface area contributed by atoms with E-state index in [9.17, 15) is 14.9 Å². The highest BCUT2D eigenvalue weighted by atomic mass is 16.6. The number of nitro groups is 1. The van der Waals surface area contributed by atoms with E-state index in [1.807, 2.05) is 25.1 Å². The fraction of sp³-hybridized carbons (Fsp3) is 0.409. The molecule has 0 aromatic heterocycles. The van der Waals surface area contributed by atoms with Crippen molar-refractivity contribution in [3.05, 3.63) is 57.1 Å². The number of fused-ring (bicyclic) bond motifs is 1. The first-order chi connectivity index (χ1) is 14.4. The predicted molar refractivity (Wildman–Crippen MR) is 111 cm³/mol. The molecule has 2 aromatic rings. The van der Waals surface area contributed by atoms with Crippen molar-refractivity contribution in [2.24, 2.45) is 0 Å². The van der Waals surface area contributed by atoms with E-state index in [1.54, 1.807) is 13.0 Å². The van der Waals surface area contributed by atoms with Crippen LogP contribution in [-0.2, 0) is 4.79 Å². The summed E-state index contributed by atoms with van der Waals surface area (Å²) in [5, 5.41) is 14.2. The van der Waals surface area contributed by atoms with E-state index in [2.05, 4.69) is 5.32 Å². The Hall–Kier alpha value is -3.13. The second-order valence-electron chi connectivity index (χ2n) is 7.89. The average Bonchev–Trinajstić information content (AvgIpc) is 3.19. The van der Waals surface area contributed by atoms with E-state index in [-0.39, 0.29) is 24.2 Å². The van der Waals surface area contributed by atoms with E-state index in [4.69, 9.17) is 9.47 Å². The Kier molecular flexibility index (Phi) is 5.59. The number of hydrogen-bond donors (Lipinski definition) is 2. The Morgan fingerprint density at radius 2 is 1.97 bits per heavy atom.